The quantitative estimate of drug-likeness (QED) is 0.667. The van der Waals surface area contributed by atoms with Crippen molar-refractivity contribution in [2.75, 3.05) is 12.8 Å². The van der Waals surface area contributed by atoms with Crippen molar-refractivity contribution in [3.63, 3.8) is 0 Å². The first-order valence-corrected chi connectivity index (χ1v) is 5.59. The topological polar surface area (TPSA) is 32.3 Å². The van der Waals surface area contributed by atoms with E-state index in [2.05, 4.69) is 19.2 Å². The fourth-order valence-corrected chi connectivity index (χ4v) is 1.85. The molecule has 0 aromatic carbocycles. The third-order valence-electron chi connectivity index (χ3n) is 2.10. The average molecular weight is 191 g/mol. The van der Waals surface area contributed by atoms with Crippen molar-refractivity contribution in [1.82, 2.24) is 5.32 Å². The number of hydrogen-bond donors (Lipinski definition) is 2. The van der Waals surface area contributed by atoms with Crippen LogP contribution in [0.3, 0.4) is 0 Å². The Labute approximate surface area is 80.1 Å². The molecular formula is C9H21NOS. The molecule has 0 spiro atoms. The first-order valence-electron chi connectivity index (χ1n) is 4.54. The van der Waals surface area contributed by atoms with Gasteiger partial charge in [0.25, 0.3) is 0 Å². The summed E-state index contributed by atoms with van der Waals surface area (Å²) in [6.07, 6.45) is 0.970. The maximum atomic E-state index is 9.21. The number of aliphatic hydroxyl groups excluding tert-OH is 1. The fraction of sp³-hybridized carbons (Fsp3) is 1.00. The Morgan fingerprint density at radius 3 is 2.33 bits per heavy atom. The van der Waals surface area contributed by atoms with Crippen molar-refractivity contribution in [1.29, 1.82) is 0 Å². The first kappa shape index (κ1) is 12.3. The van der Waals surface area contributed by atoms with Gasteiger partial charge >= 0.3 is 0 Å². The summed E-state index contributed by atoms with van der Waals surface area (Å²) in [6.45, 7) is 6.09. The van der Waals surface area contributed by atoms with E-state index in [1.54, 1.807) is 0 Å². The zero-order valence-corrected chi connectivity index (χ0v) is 9.32. The summed E-state index contributed by atoms with van der Waals surface area (Å²) in [4.78, 5) is 0. The zero-order valence-electron chi connectivity index (χ0n) is 8.50. The van der Waals surface area contributed by atoms with Crippen molar-refractivity contribution >= 4 is 11.8 Å². The van der Waals surface area contributed by atoms with E-state index in [-0.39, 0.29) is 6.10 Å². The average Bonchev–Trinajstić information content (AvgIpc) is 2.03. The van der Waals surface area contributed by atoms with E-state index < -0.39 is 0 Å². The number of thioether (sulfide) groups is 1. The molecule has 74 valence electrons. The summed E-state index contributed by atoms with van der Waals surface area (Å²) in [5, 5.41) is 12.8. The molecule has 3 unspecified atom stereocenters. The molecule has 0 aliphatic rings. The van der Waals surface area contributed by atoms with Crippen molar-refractivity contribution < 1.29 is 5.11 Å². The van der Waals surface area contributed by atoms with Gasteiger partial charge in [-0.15, -0.1) is 0 Å². The number of rotatable bonds is 6. The number of nitrogens with one attached hydrogen (secondary N) is 1. The lowest BCUT2D eigenvalue weighted by Gasteiger charge is -2.15. The molecule has 0 saturated heterocycles. The Morgan fingerprint density at radius 1 is 1.33 bits per heavy atom. The van der Waals surface area contributed by atoms with E-state index in [9.17, 15) is 5.11 Å². The molecule has 3 heteroatoms. The molecule has 2 nitrogen and oxygen atoms in total. The van der Waals surface area contributed by atoms with Crippen LogP contribution in [0, 0.1) is 0 Å². The Balaban J connectivity index is 3.30. The van der Waals surface area contributed by atoms with Gasteiger partial charge in [0, 0.05) is 11.3 Å². The molecule has 0 radical (unpaired) electrons. The molecule has 0 aliphatic heterocycles. The summed E-state index contributed by atoms with van der Waals surface area (Å²) in [6, 6.07) is 0.582. The van der Waals surface area contributed by atoms with Crippen LogP contribution in [0.15, 0.2) is 0 Å². The summed E-state index contributed by atoms with van der Waals surface area (Å²) in [5.74, 6) is 1.12. The van der Waals surface area contributed by atoms with E-state index >= 15 is 0 Å². The maximum Gasteiger partial charge on any atom is 0.0627 e. The van der Waals surface area contributed by atoms with Gasteiger partial charge < -0.3 is 10.4 Å². The predicted octanol–water partition coefficient (Wildman–Crippen LogP) is 1.49. The lowest BCUT2D eigenvalue weighted by molar-refractivity contribution is 0.196. The van der Waals surface area contributed by atoms with Crippen LogP contribution in [-0.2, 0) is 0 Å². The van der Waals surface area contributed by atoms with Gasteiger partial charge in [-0.3, -0.25) is 0 Å². The third kappa shape index (κ3) is 5.86. The highest BCUT2D eigenvalue weighted by Crippen LogP contribution is 2.15. The largest absolute Gasteiger partial charge is 0.392 e. The van der Waals surface area contributed by atoms with E-state index in [1.165, 1.54) is 0 Å². The van der Waals surface area contributed by atoms with Gasteiger partial charge in [-0.05, 0) is 33.1 Å². The molecule has 3 atom stereocenters. The Hall–Kier alpha value is 0.270. The molecule has 0 amide bonds. The van der Waals surface area contributed by atoms with Crippen LogP contribution in [0.1, 0.15) is 27.2 Å². The minimum atomic E-state index is -0.195. The standard InChI is InChI=1S/C9H21NOS/c1-7(10-4)5-6-12-9(3)8(2)11/h7-11H,5-6H2,1-4H3. The minimum Gasteiger partial charge on any atom is -0.392 e. The second-order valence-electron chi connectivity index (χ2n) is 3.29. The smallest absolute Gasteiger partial charge is 0.0627 e. The Bertz CT molecular complexity index is 109. The molecule has 0 aromatic rings. The van der Waals surface area contributed by atoms with Gasteiger partial charge in [-0.2, -0.15) is 11.8 Å². The highest BCUT2D eigenvalue weighted by atomic mass is 32.2. The minimum absolute atomic E-state index is 0.195. The SMILES string of the molecule is CNC(C)CCSC(C)C(C)O. The van der Waals surface area contributed by atoms with Gasteiger partial charge in [-0.1, -0.05) is 6.92 Å². The van der Waals surface area contributed by atoms with Crippen molar-refractivity contribution in [3.8, 4) is 0 Å². The summed E-state index contributed by atoms with van der Waals surface area (Å²) in [5.41, 5.74) is 0. The molecule has 0 heterocycles. The first-order chi connectivity index (χ1) is 5.57. The van der Waals surface area contributed by atoms with Crippen LogP contribution in [0.2, 0.25) is 0 Å². The zero-order chi connectivity index (χ0) is 9.56. The van der Waals surface area contributed by atoms with Gasteiger partial charge in [0.15, 0.2) is 0 Å². The highest BCUT2D eigenvalue weighted by molar-refractivity contribution is 7.99. The van der Waals surface area contributed by atoms with Gasteiger partial charge in [0.2, 0.25) is 0 Å². The highest BCUT2D eigenvalue weighted by Gasteiger charge is 2.08. The van der Waals surface area contributed by atoms with Gasteiger partial charge in [0.1, 0.15) is 0 Å². The molecule has 0 fully saturated rings. The van der Waals surface area contributed by atoms with Crippen LogP contribution in [0.25, 0.3) is 0 Å². The Kier molecular flexibility index (Phi) is 6.90. The number of hydrogen-bond acceptors (Lipinski definition) is 3. The van der Waals surface area contributed by atoms with Crippen molar-refractivity contribution in [2.24, 2.45) is 0 Å². The van der Waals surface area contributed by atoms with Crippen molar-refractivity contribution in [2.45, 2.75) is 44.6 Å². The summed E-state index contributed by atoms with van der Waals surface area (Å²) in [7, 11) is 1.98. The maximum absolute atomic E-state index is 9.21. The third-order valence-corrected chi connectivity index (χ3v) is 3.49. The lowest BCUT2D eigenvalue weighted by Crippen LogP contribution is -2.23. The molecule has 0 saturated carbocycles. The van der Waals surface area contributed by atoms with Crippen LogP contribution in [-0.4, -0.2) is 35.3 Å². The van der Waals surface area contributed by atoms with Crippen LogP contribution >= 0.6 is 11.8 Å². The number of aliphatic hydroxyl groups is 1. The molecular weight excluding hydrogens is 170 g/mol. The molecule has 0 aromatic heterocycles. The molecule has 0 aliphatic carbocycles. The van der Waals surface area contributed by atoms with E-state index in [1.807, 2.05) is 25.7 Å². The Morgan fingerprint density at radius 2 is 1.92 bits per heavy atom. The molecule has 12 heavy (non-hydrogen) atoms. The van der Waals surface area contributed by atoms with E-state index in [0.717, 1.165) is 12.2 Å². The fourth-order valence-electron chi connectivity index (χ4n) is 0.714. The molecule has 0 bridgehead atoms. The second-order valence-corrected chi connectivity index (χ2v) is 4.78. The molecule has 2 N–H and O–H groups in total. The molecule has 0 rings (SSSR count). The van der Waals surface area contributed by atoms with Crippen molar-refractivity contribution in [3.05, 3.63) is 0 Å². The predicted molar refractivity (Wildman–Crippen MR) is 56.7 cm³/mol. The van der Waals surface area contributed by atoms with Crippen LogP contribution < -0.4 is 5.32 Å². The summed E-state index contributed by atoms with van der Waals surface area (Å²) < 4.78 is 0. The summed E-state index contributed by atoms with van der Waals surface area (Å²) >= 11 is 1.84. The van der Waals surface area contributed by atoms with Gasteiger partial charge in [0.05, 0.1) is 6.10 Å². The normalized spacial score (nSPS) is 18.8. The monoisotopic (exact) mass is 191 g/mol. The van der Waals surface area contributed by atoms with E-state index in [0.29, 0.717) is 11.3 Å². The second kappa shape index (κ2) is 6.75. The van der Waals surface area contributed by atoms with Crippen LogP contribution in [0.5, 0.6) is 0 Å². The van der Waals surface area contributed by atoms with E-state index in [4.69, 9.17) is 0 Å². The lowest BCUT2D eigenvalue weighted by atomic mass is 10.3. The van der Waals surface area contributed by atoms with Crippen LogP contribution in [0.4, 0.5) is 0 Å². The van der Waals surface area contributed by atoms with Gasteiger partial charge in [-0.25, -0.2) is 0 Å².